The topological polar surface area (TPSA) is 96.0 Å². The van der Waals surface area contributed by atoms with Crippen molar-refractivity contribution in [2.24, 2.45) is 5.92 Å². The van der Waals surface area contributed by atoms with E-state index in [1.54, 1.807) is 0 Å². The smallest absolute Gasteiger partial charge is 0.223 e. The Morgan fingerprint density at radius 2 is 1.83 bits per heavy atom. The van der Waals surface area contributed by atoms with Gasteiger partial charge in [0.1, 0.15) is 23.2 Å². The van der Waals surface area contributed by atoms with Gasteiger partial charge in [0.25, 0.3) is 0 Å². The molecule has 0 unspecified atom stereocenters. The highest BCUT2D eigenvalue weighted by molar-refractivity contribution is 5.84. The van der Waals surface area contributed by atoms with Crippen LogP contribution in [-0.4, -0.2) is 41.3 Å². The third-order valence-electron chi connectivity index (χ3n) is 3.84. The van der Waals surface area contributed by atoms with Crippen LogP contribution in [0.2, 0.25) is 0 Å². The molecule has 1 heterocycles. The molecule has 1 aliphatic rings. The summed E-state index contributed by atoms with van der Waals surface area (Å²) in [6, 6.07) is 1.85. The van der Waals surface area contributed by atoms with E-state index in [0.29, 0.717) is 44.6 Å². The summed E-state index contributed by atoms with van der Waals surface area (Å²) in [5.41, 5.74) is 0. The molecule has 1 aromatic heterocycles. The highest BCUT2D eigenvalue weighted by Gasteiger charge is 2.24. The summed E-state index contributed by atoms with van der Waals surface area (Å²) in [6.07, 6.45) is 2.41. The number of nitrogens with zero attached hydrogens (tertiary/aromatic N) is 2. The number of aromatic nitrogens is 2. The summed E-state index contributed by atoms with van der Waals surface area (Å²) in [6.45, 7) is 5.79. The zero-order chi connectivity index (χ0) is 16.7. The molecule has 0 spiro atoms. The van der Waals surface area contributed by atoms with E-state index >= 15 is 0 Å². The quantitative estimate of drug-likeness (QED) is 0.659. The number of anilines is 2. The zero-order valence-corrected chi connectivity index (χ0v) is 13.8. The number of nitrogens with one attached hydrogen (secondary N) is 3. The van der Waals surface area contributed by atoms with E-state index in [-0.39, 0.29) is 17.6 Å². The normalized spacial score (nSPS) is 15.3. The number of carbonyl (C=O) groups excluding carboxylic acids is 2. The SMILES string of the molecule is CCNc1cc(NCCNC(=O)C2CCC(=O)CC2)nc(C)n1. The molecule has 0 radical (unpaired) electrons. The van der Waals surface area contributed by atoms with Crippen molar-refractivity contribution in [1.82, 2.24) is 15.3 Å². The third kappa shape index (κ3) is 5.50. The Morgan fingerprint density at radius 3 is 2.48 bits per heavy atom. The first kappa shape index (κ1) is 17.2. The minimum Gasteiger partial charge on any atom is -0.370 e. The van der Waals surface area contributed by atoms with E-state index in [4.69, 9.17) is 0 Å². The minimum atomic E-state index is -0.0191. The summed E-state index contributed by atoms with van der Waals surface area (Å²) >= 11 is 0. The van der Waals surface area contributed by atoms with E-state index < -0.39 is 0 Å². The number of carbonyl (C=O) groups is 2. The Hall–Kier alpha value is -2.18. The summed E-state index contributed by atoms with van der Waals surface area (Å²) in [4.78, 5) is 31.8. The first-order valence-electron chi connectivity index (χ1n) is 8.21. The maximum absolute atomic E-state index is 12.0. The molecule has 0 bridgehead atoms. The van der Waals surface area contributed by atoms with E-state index in [2.05, 4.69) is 25.9 Å². The van der Waals surface area contributed by atoms with Crippen LogP contribution < -0.4 is 16.0 Å². The van der Waals surface area contributed by atoms with Crippen molar-refractivity contribution in [3.05, 3.63) is 11.9 Å². The fourth-order valence-electron chi connectivity index (χ4n) is 2.65. The number of aryl methyl sites for hydroxylation is 1. The Morgan fingerprint density at radius 1 is 1.17 bits per heavy atom. The molecule has 1 aliphatic carbocycles. The van der Waals surface area contributed by atoms with Crippen LogP contribution in [0.15, 0.2) is 6.07 Å². The summed E-state index contributed by atoms with van der Waals surface area (Å²) in [5.74, 6) is 2.53. The van der Waals surface area contributed by atoms with Crippen LogP contribution in [0, 0.1) is 12.8 Å². The monoisotopic (exact) mass is 319 g/mol. The second-order valence-corrected chi connectivity index (χ2v) is 5.75. The van der Waals surface area contributed by atoms with E-state index in [1.807, 2.05) is 19.9 Å². The number of hydrogen-bond donors (Lipinski definition) is 3. The summed E-state index contributed by atoms with van der Waals surface area (Å²) < 4.78 is 0. The lowest BCUT2D eigenvalue weighted by Crippen LogP contribution is -2.36. The Labute approximate surface area is 136 Å². The number of hydrogen-bond acceptors (Lipinski definition) is 6. The van der Waals surface area contributed by atoms with Gasteiger partial charge in [-0.15, -0.1) is 0 Å². The van der Waals surface area contributed by atoms with Crippen molar-refractivity contribution in [2.75, 3.05) is 30.3 Å². The molecule has 7 nitrogen and oxygen atoms in total. The number of rotatable bonds is 7. The molecule has 1 amide bonds. The van der Waals surface area contributed by atoms with Gasteiger partial charge in [0.2, 0.25) is 5.91 Å². The van der Waals surface area contributed by atoms with Crippen molar-refractivity contribution in [1.29, 1.82) is 0 Å². The second kappa shape index (κ2) is 8.45. The number of amides is 1. The fourth-order valence-corrected chi connectivity index (χ4v) is 2.65. The summed E-state index contributed by atoms with van der Waals surface area (Å²) in [7, 11) is 0. The van der Waals surface area contributed by atoms with Gasteiger partial charge in [0.15, 0.2) is 0 Å². The molecule has 0 aliphatic heterocycles. The van der Waals surface area contributed by atoms with Gasteiger partial charge < -0.3 is 16.0 Å². The zero-order valence-electron chi connectivity index (χ0n) is 13.8. The maximum Gasteiger partial charge on any atom is 0.223 e. The molecule has 1 fully saturated rings. The van der Waals surface area contributed by atoms with Crippen LogP contribution in [0.4, 0.5) is 11.6 Å². The molecule has 0 aromatic carbocycles. The maximum atomic E-state index is 12.0. The molecule has 0 atom stereocenters. The van der Waals surface area contributed by atoms with Crippen molar-refractivity contribution in [3.63, 3.8) is 0 Å². The number of ketones is 1. The molecule has 126 valence electrons. The Balaban J connectivity index is 1.72. The Bertz CT molecular complexity index is 551. The van der Waals surface area contributed by atoms with E-state index in [1.165, 1.54) is 0 Å². The predicted molar refractivity (Wildman–Crippen MR) is 89.4 cm³/mol. The standard InChI is InChI=1S/C16H25N5O2/c1-3-17-14-10-15(21-11(2)20-14)18-8-9-19-16(23)12-4-6-13(22)7-5-12/h10,12H,3-9H2,1-2H3,(H,19,23)(H2,17,18,20,21). The molecular formula is C16H25N5O2. The minimum absolute atomic E-state index is 0.0191. The predicted octanol–water partition coefficient (Wildman–Crippen LogP) is 1.50. The van der Waals surface area contributed by atoms with Crippen LogP contribution >= 0.6 is 0 Å². The molecule has 3 N–H and O–H groups in total. The third-order valence-corrected chi connectivity index (χ3v) is 3.84. The first-order chi connectivity index (χ1) is 11.1. The first-order valence-corrected chi connectivity index (χ1v) is 8.21. The van der Waals surface area contributed by atoms with Gasteiger partial charge in [0.05, 0.1) is 0 Å². The highest BCUT2D eigenvalue weighted by Crippen LogP contribution is 2.21. The van der Waals surface area contributed by atoms with Gasteiger partial charge in [-0.2, -0.15) is 0 Å². The molecule has 7 heteroatoms. The van der Waals surface area contributed by atoms with Gasteiger partial charge >= 0.3 is 0 Å². The van der Waals surface area contributed by atoms with Gasteiger partial charge in [-0.05, 0) is 26.7 Å². The van der Waals surface area contributed by atoms with Gasteiger partial charge in [0, 0.05) is 44.5 Å². The van der Waals surface area contributed by atoms with Crippen molar-refractivity contribution in [2.45, 2.75) is 39.5 Å². The van der Waals surface area contributed by atoms with E-state index in [0.717, 1.165) is 18.2 Å². The van der Waals surface area contributed by atoms with E-state index in [9.17, 15) is 9.59 Å². The van der Waals surface area contributed by atoms with Crippen LogP contribution in [0.25, 0.3) is 0 Å². The average molecular weight is 319 g/mol. The average Bonchev–Trinajstić information content (AvgIpc) is 2.52. The van der Waals surface area contributed by atoms with Crippen molar-refractivity contribution < 1.29 is 9.59 Å². The molecule has 0 saturated heterocycles. The largest absolute Gasteiger partial charge is 0.370 e. The Kier molecular flexibility index (Phi) is 6.31. The molecular weight excluding hydrogens is 294 g/mol. The van der Waals surface area contributed by atoms with Crippen molar-refractivity contribution >= 4 is 23.3 Å². The molecule has 1 saturated carbocycles. The van der Waals surface area contributed by atoms with Gasteiger partial charge in [-0.3, -0.25) is 9.59 Å². The van der Waals surface area contributed by atoms with Gasteiger partial charge in [-0.1, -0.05) is 0 Å². The van der Waals surface area contributed by atoms with Gasteiger partial charge in [-0.25, -0.2) is 9.97 Å². The lowest BCUT2D eigenvalue weighted by Gasteiger charge is -2.20. The highest BCUT2D eigenvalue weighted by atomic mass is 16.2. The van der Waals surface area contributed by atoms with Crippen LogP contribution in [0.1, 0.15) is 38.4 Å². The van der Waals surface area contributed by atoms with Crippen LogP contribution in [-0.2, 0) is 9.59 Å². The fraction of sp³-hybridized carbons (Fsp3) is 0.625. The van der Waals surface area contributed by atoms with Crippen LogP contribution in [0.5, 0.6) is 0 Å². The number of Topliss-reactive ketones (excluding diaryl/α,β-unsaturated/α-hetero) is 1. The van der Waals surface area contributed by atoms with Crippen LogP contribution in [0.3, 0.4) is 0 Å². The molecule has 1 aromatic rings. The molecule has 2 rings (SSSR count). The van der Waals surface area contributed by atoms with Crippen molar-refractivity contribution in [3.8, 4) is 0 Å². The lowest BCUT2D eigenvalue weighted by atomic mass is 9.88. The molecule has 23 heavy (non-hydrogen) atoms. The summed E-state index contributed by atoms with van der Waals surface area (Å²) in [5, 5.41) is 9.27. The second-order valence-electron chi connectivity index (χ2n) is 5.75. The lowest BCUT2D eigenvalue weighted by molar-refractivity contribution is -0.128.